The minimum absolute atomic E-state index is 1.01. The Labute approximate surface area is 109 Å². The third-order valence-corrected chi connectivity index (χ3v) is 3.14. The highest BCUT2D eigenvalue weighted by atomic mass is 14.0. The van der Waals surface area contributed by atoms with E-state index >= 15 is 0 Å². The van der Waals surface area contributed by atoms with Crippen LogP contribution in [0, 0.1) is 6.58 Å². The molecule has 0 aromatic carbocycles. The van der Waals surface area contributed by atoms with Gasteiger partial charge in [-0.05, 0) is 25.7 Å². The summed E-state index contributed by atoms with van der Waals surface area (Å²) in [6.07, 6.45) is 22.4. The lowest BCUT2D eigenvalue weighted by atomic mass is 10.1. The molecule has 17 heavy (non-hydrogen) atoms. The first kappa shape index (κ1) is 16.5. The molecule has 0 aliphatic rings. The molecule has 0 aliphatic carbocycles. The standard InChI is InChI=1S/C17H31/c1-3-5-7-9-11-13-15-17-16-14-12-10-8-6-4-2/h1,3,9,11H,4-8,10,12-17H2,2H3/b3-1?,11-9+. The van der Waals surface area contributed by atoms with E-state index in [1.54, 1.807) is 6.08 Å². The summed E-state index contributed by atoms with van der Waals surface area (Å²) in [6, 6.07) is 0. The van der Waals surface area contributed by atoms with Crippen LogP contribution in [0.1, 0.15) is 84.0 Å². The molecule has 0 bridgehead atoms. The summed E-state index contributed by atoms with van der Waals surface area (Å²) >= 11 is 0. The molecule has 0 spiro atoms. The van der Waals surface area contributed by atoms with E-state index in [4.69, 9.17) is 6.58 Å². The molecule has 0 N–H and O–H groups in total. The number of rotatable bonds is 13. The molecular formula is C17H31. The topological polar surface area (TPSA) is 0 Å². The number of hydrogen-bond acceptors (Lipinski definition) is 0. The van der Waals surface area contributed by atoms with Gasteiger partial charge in [0.25, 0.3) is 0 Å². The van der Waals surface area contributed by atoms with Gasteiger partial charge in [0, 0.05) is 0 Å². The zero-order valence-corrected chi connectivity index (χ0v) is 11.8. The van der Waals surface area contributed by atoms with E-state index in [0.717, 1.165) is 12.8 Å². The van der Waals surface area contributed by atoms with Crippen molar-refractivity contribution >= 4 is 0 Å². The first-order valence-electron chi connectivity index (χ1n) is 7.60. The lowest BCUT2D eigenvalue weighted by Crippen LogP contribution is -1.80. The second kappa shape index (κ2) is 15.5. The van der Waals surface area contributed by atoms with Gasteiger partial charge in [-0.2, -0.15) is 0 Å². The van der Waals surface area contributed by atoms with E-state index in [0.29, 0.717) is 0 Å². The van der Waals surface area contributed by atoms with Crippen LogP contribution in [0.5, 0.6) is 0 Å². The smallest absolute Gasteiger partial charge is 0.0313 e. The van der Waals surface area contributed by atoms with Crippen LogP contribution in [0.2, 0.25) is 0 Å². The number of unbranched alkanes of at least 4 members (excludes halogenated alkanes) is 10. The minimum Gasteiger partial charge on any atom is -0.0885 e. The SMILES string of the molecule is [CH]=CCC/C=C/CCCCCCCCCCC. The van der Waals surface area contributed by atoms with Crippen LogP contribution >= 0.6 is 0 Å². The number of hydrogen-bond donors (Lipinski definition) is 0. The van der Waals surface area contributed by atoms with Crippen molar-refractivity contribution < 1.29 is 0 Å². The van der Waals surface area contributed by atoms with Crippen LogP contribution in [-0.4, -0.2) is 0 Å². The summed E-state index contributed by atoms with van der Waals surface area (Å²) in [7, 11) is 0. The van der Waals surface area contributed by atoms with E-state index in [9.17, 15) is 0 Å². The monoisotopic (exact) mass is 235 g/mol. The van der Waals surface area contributed by atoms with Gasteiger partial charge in [-0.1, -0.05) is 83.1 Å². The summed E-state index contributed by atoms with van der Waals surface area (Å²) in [5.74, 6) is 0. The van der Waals surface area contributed by atoms with Crippen molar-refractivity contribution in [3.05, 3.63) is 24.8 Å². The van der Waals surface area contributed by atoms with Crippen LogP contribution in [0.25, 0.3) is 0 Å². The maximum absolute atomic E-state index is 5.31. The third kappa shape index (κ3) is 15.5. The van der Waals surface area contributed by atoms with E-state index in [1.807, 2.05) is 0 Å². The summed E-state index contributed by atoms with van der Waals surface area (Å²) in [5, 5.41) is 0. The van der Waals surface area contributed by atoms with Crippen LogP contribution in [-0.2, 0) is 0 Å². The zero-order chi connectivity index (χ0) is 12.6. The van der Waals surface area contributed by atoms with Gasteiger partial charge < -0.3 is 0 Å². The lowest BCUT2D eigenvalue weighted by Gasteiger charge is -2.00. The molecule has 0 atom stereocenters. The van der Waals surface area contributed by atoms with Crippen LogP contribution < -0.4 is 0 Å². The van der Waals surface area contributed by atoms with E-state index in [1.165, 1.54) is 64.2 Å². The van der Waals surface area contributed by atoms with Crippen molar-refractivity contribution in [1.82, 2.24) is 0 Å². The van der Waals surface area contributed by atoms with Gasteiger partial charge >= 0.3 is 0 Å². The molecule has 0 heteroatoms. The Morgan fingerprint density at radius 2 is 1.18 bits per heavy atom. The molecule has 0 saturated carbocycles. The Morgan fingerprint density at radius 1 is 0.647 bits per heavy atom. The van der Waals surface area contributed by atoms with Gasteiger partial charge in [0.05, 0.1) is 0 Å². The average Bonchev–Trinajstić information content (AvgIpc) is 2.35. The minimum atomic E-state index is 1.01. The molecule has 0 nitrogen and oxygen atoms in total. The van der Waals surface area contributed by atoms with Gasteiger partial charge in [0.2, 0.25) is 0 Å². The van der Waals surface area contributed by atoms with Crippen molar-refractivity contribution in [1.29, 1.82) is 0 Å². The summed E-state index contributed by atoms with van der Waals surface area (Å²) in [5.41, 5.74) is 0. The Hall–Kier alpha value is -0.520. The van der Waals surface area contributed by atoms with Gasteiger partial charge in [0.15, 0.2) is 0 Å². The first-order valence-corrected chi connectivity index (χ1v) is 7.60. The normalized spacial score (nSPS) is 11.1. The second-order valence-electron chi connectivity index (χ2n) is 4.90. The van der Waals surface area contributed by atoms with Crippen molar-refractivity contribution in [2.75, 3.05) is 0 Å². The molecule has 0 unspecified atom stereocenters. The average molecular weight is 235 g/mol. The molecule has 0 heterocycles. The highest BCUT2D eigenvalue weighted by Gasteiger charge is 1.90. The van der Waals surface area contributed by atoms with Gasteiger partial charge in [-0.25, -0.2) is 0 Å². The largest absolute Gasteiger partial charge is 0.0885 e. The first-order chi connectivity index (χ1) is 8.41. The Bertz CT molecular complexity index is 167. The molecule has 0 aromatic rings. The number of allylic oxidation sites excluding steroid dienone is 3. The molecule has 0 fully saturated rings. The maximum atomic E-state index is 5.31. The summed E-state index contributed by atoms with van der Waals surface area (Å²) in [4.78, 5) is 0. The van der Waals surface area contributed by atoms with Crippen LogP contribution in [0.3, 0.4) is 0 Å². The maximum Gasteiger partial charge on any atom is -0.0313 e. The Morgan fingerprint density at radius 3 is 1.76 bits per heavy atom. The summed E-state index contributed by atoms with van der Waals surface area (Å²) < 4.78 is 0. The molecule has 0 rings (SSSR count). The van der Waals surface area contributed by atoms with Gasteiger partial charge in [-0.15, -0.1) is 0 Å². The van der Waals surface area contributed by atoms with Crippen molar-refractivity contribution in [3.8, 4) is 0 Å². The zero-order valence-electron chi connectivity index (χ0n) is 11.8. The highest BCUT2D eigenvalue weighted by Crippen LogP contribution is 2.10. The fourth-order valence-electron chi connectivity index (χ4n) is 2.00. The fraction of sp³-hybridized carbons (Fsp3) is 0.765. The van der Waals surface area contributed by atoms with Gasteiger partial charge in [0.1, 0.15) is 0 Å². The van der Waals surface area contributed by atoms with Crippen molar-refractivity contribution in [2.45, 2.75) is 84.0 Å². The predicted octanol–water partition coefficient (Wildman–Crippen LogP) is 6.23. The van der Waals surface area contributed by atoms with Crippen molar-refractivity contribution in [3.63, 3.8) is 0 Å². The highest BCUT2D eigenvalue weighted by molar-refractivity contribution is 4.83. The molecule has 1 radical (unpaired) electrons. The molecule has 0 aliphatic heterocycles. The van der Waals surface area contributed by atoms with E-state index < -0.39 is 0 Å². The molecular weight excluding hydrogens is 204 g/mol. The Balaban J connectivity index is 2.98. The van der Waals surface area contributed by atoms with Crippen LogP contribution in [0.15, 0.2) is 18.2 Å². The molecule has 0 saturated heterocycles. The van der Waals surface area contributed by atoms with E-state index in [2.05, 4.69) is 19.1 Å². The fourth-order valence-corrected chi connectivity index (χ4v) is 2.00. The molecule has 0 aromatic heterocycles. The lowest BCUT2D eigenvalue weighted by molar-refractivity contribution is 0.566. The quantitative estimate of drug-likeness (QED) is 0.262. The van der Waals surface area contributed by atoms with E-state index in [-0.39, 0.29) is 0 Å². The van der Waals surface area contributed by atoms with Gasteiger partial charge in [-0.3, -0.25) is 0 Å². The Kier molecular flexibility index (Phi) is 15.0. The second-order valence-corrected chi connectivity index (χ2v) is 4.90. The predicted molar refractivity (Wildman–Crippen MR) is 79.1 cm³/mol. The molecule has 0 amide bonds. The van der Waals surface area contributed by atoms with Crippen molar-refractivity contribution in [2.24, 2.45) is 0 Å². The molecule has 99 valence electrons. The summed E-state index contributed by atoms with van der Waals surface area (Å²) in [6.45, 7) is 7.59. The van der Waals surface area contributed by atoms with Crippen LogP contribution in [0.4, 0.5) is 0 Å². The third-order valence-electron chi connectivity index (χ3n) is 3.14.